The highest BCUT2D eigenvalue weighted by molar-refractivity contribution is 9.10. The second-order valence-electron chi connectivity index (χ2n) is 4.12. The summed E-state index contributed by atoms with van der Waals surface area (Å²) >= 11 is 8.94. The molecule has 4 heteroatoms. The molecule has 1 aliphatic carbocycles. The van der Waals surface area contributed by atoms with Gasteiger partial charge in [0.1, 0.15) is 5.88 Å². The van der Waals surface area contributed by atoms with Crippen LogP contribution in [0.5, 0.6) is 0 Å². The maximum Gasteiger partial charge on any atom is 0.235 e. The van der Waals surface area contributed by atoms with Gasteiger partial charge in [-0.3, -0.25) is 4.79 Å². The molecule has 1 aliphatic rings. The van der Waals surface area contributed by atoms with Gasteiger partial charge in [-0.15, -0.1) is 11.6 Å². The minimum Gasteiger partial charge on any atom is -0.346 e. The Bertz CT molecular complexity index is 387. The van der Waals surface area contributed by atoms with Crippen molar-refractivity contribution in [3.63, 3.8) is 0 Å². The van der Waals surface area contributed by atoms with Gasteiger partial charge in [0, 0.05) is 4.47 Å². The fourth-order valence-corrected chi connectivity index (χ4v) is 2.42. The van der Waals surface area contributed by atoms with E-state index in [1.165, 1.54) is 5.56 Å². The second kappa shape index (κ2) is 4.76. The molecular weight excluding hydrogens is 289 g/mol. The maximum absolute atomic E-state index is 11.4. The van der Waals surface area contributed by atoms with Crippen molar-refractivity contribution in [3.05, 3.63) is 34.3 Å². The van der Waals surface area contributed by atoms with Crippen LogP contribution in [-0.2, 0) is 10.3 Å². The molecule has 1 aromatic carbocycles. The van der Waals surface area contributed by atoms with Crippen LogP contribution in [0.3, 0.4) is 0 Å². The molecule has 0 aromatic heterocycles. The molecule has 0 radical (unpaired) electrons. The molecule has 1 aromatic rings. The third-order valence-electron chi connectivity index (χ3n) is 3.10. The van der Waals surface area contributed by atoms with E-state index in [1.807, 2.05) is 12.1 Å². The summed E-state index contributed by atoms with van der Waals surface area (Å²) in [6.45, 7) is 0. The van der Waals surface area contributed by atoms with Crippen LogP contribution in [0.1, 0.15) is 24.8 Å². The van der Waals surface area contributed by atoms with E-state index < -0.39 is 0 Å². The van der Waals surface area contributed by atoms with Crippen molar-refractivity contribution in [1.82, 2.24) is 5.32 Å². The van der Waals surface area contributed by atoms with E-state index in [1.54, 1.807) is 0 Å². The lowest BCUT2D eigenvalue weighted by atomic mass is 9.72. The van der Waals surface area contributed by atoms with Gasteiger partial charge in [-0.05, 0) is 37.0 Å². The van der Waals surface area contributed by atoms with Crippen molar-refractivity contribution in [1.29, 1.82) is 0 Å². The Balaban J connectivity index is 2.21. The third-order valence-corrected chi connectivity index (χ3v) is 3.88. The first kappa shape index (κ1) is 11.9. The van der Waals surface area contributed by atoms with Gasteiger partial charge >= 0.3 is 0 Å². The fraction of sp³-hybridized carbons (Fsp3) is 0.417. The van der Waals surface area contributed by atoms with Gasteiger partial charge < -0.3 is 5.32 Å². The Morgan fingerprint density at radius 1 is 1.38 bits per heavy atom. The van der Waals surface area contributed by atoms with Crippen molar-refractivity contribution >= 4 is 33.4 Å². The minimum atomic E-state index is -0.174. The molecule has 0 saturated heterocycles. The highest BCUT2D eigenvalue weighted by atomic mass is 79.9. The van der Waals surface area contributed by atoms with E-state index >= 15 is 0 Å². The molecule has 1 saturated carbocycles. The molecule has 0 spiro atoms. The first-order valence-corrected chi connectivity index (χ1v) is 6.62. The highest BCUT2D eigenvalue weighted by Gasteiger charge is 2.39. The number of carbonyl (C=O) groups excluding carboxylic acids is 1. The number of amides is 1. The number of alkyl halides is 1. The lowest BCUT2D eigenvalue weighted by molar-refractivity contribution is -0.121. The Morgan fingerprint density at radius 2 is 2.00 bits per heavy atom. The third kappa shape index (κ3) is 2.25. The van der Waals surface area contributed by atoms with E-state index in [4.69, 9.17) is 11.6 Å². The normalized spacial score (nSPS) is 17.6. The van der Waals surface area contributed by atoms with Crippen molar-refractivity contribution in [3.8, 4) is 0 Å². The average molecular weight is 303 g/mol. The molecule has 0 atom stereocenters. The number of nitrogens with one attached hydrogen (secondary N) is 1. The summed E-state index contributed by atoms with van der Waals surface area (Å²) in [6.07, 6.45) is 3.15. The molecule has 1 N–H and O–H groups in total. The van der Waals surface area contributed by atoms with E-state index in [0.29, 0.717) is 0 Å². The SMILES string of the molecule is O=C(CCl)NC1(c2ccc(Br)cc2)CCC1. The lowest BCUT2D eigenvalue weighted by Crippen LogP contribution is -2.51. The van der Waals surface area contributed by atoms with Gasteiger partial charge in [-0.1, -0.05) is 28.1 Å². The van der Waals surface area contributed by atoms with Crippen LogP contribution >= 0.6 is 27.5 Å². The maximum atomic E-state index is 11.4. The zero-order valence-corrected chi connectivity index (χ0v) is 11.1. The van der Waals surface area contributed by atoms with E-state index in [2.05, 4.69) is 33.4 Å². The smallest absolute Gasteiger partial charge is 0.235 e. The van der Waals surface area contributed by atoms with Gasteiger partial charge in [-0.25, -0.2) is 0 Å². The number of carbonyl (C=O) groups is 1. The first-order valence-electron chi connectivity index (χ1n) is 5.29. The number of halogens is 2. The Morgan fingerprint density at radius 3 is 2.44 bits per heavy atom. The summed E-state index contributed by atoms with van der Waals surface area (Å²) in [5.74, 6) is -0.0672. The monoisotopic (exact) mass is 301 g/mol. The summed E-state index contributed by atoms with van der Waals surface area (Å²) in [6, 6.07) is 8.11. The van der Waals surface area contributed by atoms with Crippen molar-refractivity contribution in [2.45, 2.75) is 24.8 Å². The standard InChI is InChI=1S/C12H13BrClNO/c13-10-4-2-9(3-5-10)12(6-1-7-12)15-11(16)8-14/h2-5H,1,6-8H2,(H,15,16). The fourth-order valence-electron chi connectivity index (χ4n) is 2.09. The van der Waals surface area contributed by atoms with Gasteiger partial charge in [0.25, 0.3) is 0 Å². The number of hydrogen-bond acceptors (Lipinski definition) is 1. The average Bonchev–Trinajstić information content (AvgIpc) is 2.24. The molecule has 16 heavy (non-hydrogen) atoms. The molecule has 0 aliphatic heterocycles. The van der Waals surface area contributed by atoms with Crippen molar-refractivity contribution in [2.75, 3.05) is 5.88 Å². The van der Waals surface area contributed by atoms with Crippen LogP contribution in [-0.4, -0.2) is 11.8 Å². The van der Waals surface area contributed by atoms with E-state index in [-0.39, 0.29) is 17.3 Å². The molecular formula is C12H13BrClNO. The number of hydrogen-bond donors (Lipinski definition) is 1. The quantitative estimate of drug-likeness (QED) is 0.854. The number of benzene rings is 1. The summed E-state index contributed by atoms with van der Waals surface area (Å²) in [4.78, 5) is 11.4. The predicted octanol–water partition coefficient (Wildman–Crippen LogP) is 3.18. The van der Waals surface area contributed by atoms with Crippen LogP contribution < -0.4 is 5.32 Å². The highest BCUT2D eigenvalue weighted by Crippen LogP contribution is 2.41. The molecule has 0 heterocycles. The molecule has 1 amide bonds. The summed E-state index contributed by atoms with van der Waals surface area (Å²) in [7, 11) is 0. The largest absolute Gasteiger partial charge is 0.346 e. The van der Waals surface area contributed by atoms with E-state index in [9.17, 15) is 4.79 Å². The molecule has 1 fully saturated rings. The lowest BCUT2D eigenvalue weighted by Gasteiger charge is -2.43. The van der Waals surface area contributed by atoms with Gasteiger partial charge in [0.05, 0.1) is 5.54 Å². The summed E-state index contributed by atoms with van der Waals surface area (Å²) < 4.78 is 1.05. The Kier molecular flexibility index (Phi) is 3.55. The van der Waals surface area contributed by atoms with Crippen molar-refractivity contribution in [2.24, 2.45) is 0 Å². The minimum absolute atomic E-state index is 0.0261. The number of rotatable bonds is 3. The van der Waals surface area contributed by atoms with Crippen LogP contribution in [0.15, 0.2) is 28.7 Å². The van der Waals surface area contributed by atoms with Gasteiger partial charge in [0.2, 0.25) is 5.91 Å². The Labute approximate surface area is 108 Å². The van der Waals surface area contributed by atoms with Crippen LogP contribution in [0.25, 0.3) is 0 Å². The van der Waals surface area contributed by atoms with Crippen LogP contribution in [0, 0.1) is 0 Å². The topological polar surface area (TPSA) is 29.1 Å². The van der Waals surface area contributed by atoms with Gasteiger partial charge in [0.15, 0.2) is 0 Å². The predicted molar refractivity (Wildman–Crippen MR) is 68.5 cm³/mol. The Hall–Kier alpha value is -0.540. The van der Waals surface area contributed by atoms with E-state index in [0.717, 1.165) is 23.7 Å². The van der Waals surface area contributed by atoms with Crippen LogP contribution in [0.4, 0.5) is 0 Å². The zero-order chi connectivity index (χ0) is 11.6. The molecule has 0 bridgehead atoms. The molecule has 0 unspecified atom stereocenters. The summed E-state index contributed by atoms with van der Waals surface area (Å²) in [5, 5.41) is 3.03. The molecule has 2 rings (SSSR count). The first-order chi connectivity index (χ1) is 7.66. The molecule has 86 valence electrons. The van der Waals surface area contributed by atoms with Crippen LogP contribution in [0.2, 0.25) is 0 Å². The summed E-state index contributed by atoms with van der Waals surface area (Å²) in [5.41, 5.74) is 0.993. The van der Waals surface area contributed by atoms with Crippen molar-refractivity contribution < 1.29 is 4.79 Å². The second-order valence-corrected chi connectivity index (χ2v) is 5.31. The molecule has 2 nitrogen and oxygen atoms in total. The van der Waals surface area contributed by atoms with Gasteiger partial charge in [-0.2, -0.15) is 0 Å². The zero-order valence-electron chi connectivity index (χ0n) is 8.80.